The van der Waals surface area contributed by atoms with Crippen molar-refractivity contribution < 1.29 is 0 Å². The predicted octanol–water partition coefficient (Wildman–Crippen LogP) is 4.49. The van der Waals surface area contributed by atoms with Crippen molar-refractivity contribution >= 4 is 11.3 Å². The lowest BCUT2D eigenvalue weighted by atomic mass is 9.90. The molecule has 0 bridgehead atoms. The van der Waals surface area contributed by atoms with Crippen molar-refractivity contribution in [2.45, 2.75) is 58.9 Å². The van der Waals surface area contributed by atoms with Gasteiger partial charge in [0.1, 0.15) is 0 Å². The molecule has 1 rings (SSSR count). The third kappa shape index (κ3) is 5.22. The highest BCUT2D eigenvalue weighted by atomic mass is 32.1. The zero-order valence-electron chi connectivity index (χ0n) is 11.5. The van der Waals surface area contributed by atoms with Crippen molar-refractivity contribution in [2.75, 3.05) is 6.54 Å². The van der Waals surface area contributed by atoms with Crippen LogP contribution in [0.4, 0.5) is 0 Å². The van der Waals surface area contributed by atoms with Crippen LogP contribution in [0.1, 0.15) is 52.0 Å². The molecule has 1 aromatic heterocycles. The summed E-state index contributed by atoms with van der Waals surface area (Å²) in [6, 6.07) is 2.96. The van der Waals surface area contributed by atoms with Crippen LogP contribution >= 0.6 is 11.3 Å². The van der Waals surface area contributed by atoms with E-state index in [9.17, 15) is 0 Å². The molecule has 0 aliphatic heterocycles. The molecule has 1 atom stereocenters. The van der Waals surface area contributed by atoms with Crippen LogP contribution in [-0.4, -0.2) is 12.6 Å². The minimum absolute atomic E-state index is 0.699. The maximum atomic E-state index is 3.74. The van der Waals surface area contributed by atoms with Crippen molar-refractivity contribution in [1.82, 2.24) is 5.32 Å². The molecule has 2 heteroatoms. The van der Waals surface area contributed by atoms with Gasteiger partial charge < -0.3 is 5.32 Å². The Morgan fingerprint density at radius 3 is 2.53 bits per heavy atom. The Morgan fingerprint density at radius 1 is 1.24 bits per heavy atom. The molecule has 98 valence electrons. The normalized spacial score (nSPS) is 13.2. The predicted molar refractivity (Wildman–Crippen MR) is 78.8 cm³/mol. The molecule has 0 aromatic carbocycles. The molecule has 1 N–H and O–H groups in total. The minimum atomic E-state index is 0.699. The highest BCUT2D eigenvalue weighted by molar-refractivity contribution is 7.07. The molecule has 0 saturated carbocycles. The number of rotatable bonds is 9. The highest BCUT2D eigenvalue weighted by Crippen LogP contribution is 2.19. The van der Waals surface area contributed by atoms with Crippen molar-refractivity contribution in [3.8, 4) is 0 Å². The van der Waals surface area contributed by atoms with Crippen LogP contribution in [0.15, 0.2) is 16.8 Å². The molecule has 0 amide bonds. The van der Waals surface area contributed by atoms with Crippen LogP contribution < -0.4 is 5.32 Å². The van der Waals surface area contributed by atoms with Gasteiger partial charge in [-0.3, -0.25) is 0 Å². The fourth-order valence-electron chi connectivity index (χ4n) is 2.45. The summed E-state index contributed by atoms with van der Waals surface area (Å²) in [6.45, 7) is 8.04. The molecule has 1 nitrogen and oxygen atoms in total. The molecule has 0 aliphatic rings. The molecule has 0 aliphatic carbocycles. The van der Waals surface area contributed by atoms with Gasteiger partial charge in [0.25, 0.3) is 0 Å². The van der Waals surface area contributed by atoms with Gasteiger partial charge in [-0.05, 0) is 54.1 Å². The fourth-order valence-corrected chi connectivity index (χ4v) is 3.15. The monoisotopic (exact) mass is 253 g/mol. The lowest BCUT2D eigenvalue weighted by molar-refractivity contribution is 0.318. The average molecular weight is 253 g/mol. The summed E-state index contributed by atoms with van der Waals surface area (Å²) in [5.74, 6) is 0.834. The molecular weight excluding hydrogens is 226 g/mol. The first kappa shape index (κ1) is 14.7. The number of nitrogens with one attached hydrogen (secondary N) is 1. The largest absolute Gasteiger partial charge is 0.314 e. The first-order valence-corrected chi connectivity index (χ1v) is 8.00. The average Bonchev–Trinajstić information content (AvgIpc) is 2.86. The molecule has 0 fully saturated rings. The molecular formula is C15H27NS. The van der Waals surface area contributed by atoms with Crippen LogP contribution in [0.5, 0.6) is 0 Å². The van der Waals surface area contributed by atoms with Gasteiger partial charge in [0.05, 0.1) is 0 Å². The number of hydrogen-bond donors (Lipinski definition) is 1. The Hall–Kier alpha value is -0.340. The number of aryl methyl sites for hydroxylation is 1. The Balaban J connectivity index is 2.44. The van der Waals surface area contributed by atoms with E-state index < -0.39 is 0 Å². The zero-order chi connectivity index (χ0) is 12.5. The van der Waals surface area contributed by atoms with Gasteiger partial charge in [-0.15, -0.1) is 0 Å². The molecule has 0 radical (unpaired) electrons. The van der Waals surface area contributed by atoms with E-state index in [4.69, 9.17) is 0 Å². The summed E-state index contributed by atoms with van der Waals surface area (Å²) in [5, 5.41) is 8.20. The molecule has 0 saturated heterocycles. The minimum Gasteiger partial charge on any atom is -0.314 e. The third-order valence-electron chi connectivity index (χ3n) is 3.60. The smallest absolute Gasteiger partial charge is 0.00982 e. The highest BCUT2D eigenvalue weighted by Gasteiger charge is 2.17. The van der Waals surface area contributed by atoms with E-state index in [2.05, 4.69) is 42.9 Å². The third-order valence-corrected chi connectivity index (χ3v) is 4.33. The van der Waals surface area contributed by atoms with Gasteiger partial charge in [-0.25, -0.2) is 0 Å². The van der Waals surface area contributed by atoms with E-state index >= 15 is 0 Å². The second-order valence-electron chi connectivity index (χ2n) is 4.81. The van der Waals surface area contributed by atoms with Crippen molar-refractivity contribution in [1.29, 1.82) is 0 Å². The maximum Gasteiger partial charge on any atom is 0.00982 e. The lowest BCUT2D eigenvalue weighted by Crippen LogP contribution is -2.36. The Labute approximate surface area is 111 Å². The van der Waals surface area contributed by atoms with Gasteiger partial charge >= 0.3 is 0 Å². The molecule has 0 spiro atoms. The number of hydrogen-bond acceptors (Lipinski definition) is 2. The Kier molecular flexibility index (Phi) is 7.54. The van der Waals surface area contributed by atoms with Crippen molar-refractivity contribution in [2.24, 2.45) is 5.92 Å². The zero-order valence-corrected chi connectivity index (χ0v) is 12.4. The molecule has 1 unspecified atom stereocenters. The summed E-state index contributed by atoms with van der Waals surface area (Å²) < 4.78 is 0. The van der Waals surface area contributed by atoms with E-state index in [0.29, 0.717) is 6.04 Å². The van der Waals surface area contributed by atoms with Crippen LogP contribution in [0.25, 0.3) is 0 Å². The first-order valence-electron chi connectivity index (χ1n) is 7.06. The summed E-state index contributed by atoms with van der Waals surface area (Å²) in [4.78, 5) is 0. The molecule has 17 heavy (non-hydrogen) atoms. The van der Waals surface area contributed by atoms with Gasteiger partial charge in [-0.1, -0.05) is 33.6 Å². The van der Waals surface area contributed by atoms with E-state index in [1.807, 2.05) is 11.3 Å². The van der Waals surface area contributed by atoms with Crippen LogP contribution in [0.3, 0.4) is 0 Å². The second kappa shape index (κ2) is 8.71. The molecule has 1 aromatic rings. The van der Waals surface area contributed by atoms with E-state index in [1.165, 1.54) is 37.7 Å². The Bertz CT molecular complexity index is 264. The van der Waals surface area contributed by atoms with Crippen LogP contribution in [0, 0.1) is 5.92 Å². The molecule has 1 heterocycles. The van der Waals surface area contributed by atoms with Crippen LogP contribution in [-0.2, 0) is 6.42 Å². The Morgan fingerprint density at radius 2 is 2.00 bits per heavy atom. The maximum absolute atomic E-state index is 3.74. The van der Waals surface area contributed by atoms with Gasteiger partial charge in [0.15, 0.2) is 0 Å². The van der Waals surface area contributed by atoms with Crippen LogP contribution in [0.2, 0.25) is 0 Å². The van der Waals surface area contributed by atoms with E-state index in [-0.39, 0.29) is 0 Å². The first-order chi connectivity index (χ1) is 8.31. The summed E-state index contributed by atoms with van der Waals surface area (Å²) >= 11 is 1.81. The van der Waals surface area contributed by atoms with Crippen molar-refractivity contribution in [3.05, 3.63) is 22.4 Å². The summed E-state index contributed by atoms with van der Waals surface area (Å²) in [5.41, 5.74) is 1.50. The SMILES string of the molecule is CCCNC(CCc1ccsc1)C(CC)CC. The van der Waals surface area contributed by atoms with Gasteiger partial charge in [0.2, 0.25) is 0 Å². The lowest BCUT2D eigenvalue weighted by Gasteiger charge is -2.26. The second-order valence-corrected chi connectivity index (χ2v) is 5.59. The topological polar surface area (TPSA) is 12.0 Å². The quantitative estimate of drug-likeness (QED) is 0.684. The van der Waals surface area contributed by atoms with Crippen molar-refractivity contribution in [3.63, 3.8) is 0 Å². The van der Waals surface area contributed by atoms with E-state index in [0.717, 1.165) is 12.5 Å². The van der Waals surface area contributed by atoms with Gasteiger partial charge in [0, 0.05) is 6.04 Å². The number of thiophene rings is 1. The van der Waals surface area contributed by atoms with E-state index in [1.54, 1.807) is 0 Å². The summed E-state index contributed by atoms with van der Waals surface area (Å²) in [6.07, 6.45) is 6.32. The standard InChI is InChI=1S/C15H27NS/c1-4-10-16-15(14(5-2)6-3)8-7-13-9-11-17-12-13/h9,11-12,14-16H,4-8,10H2,1-3H3. The fraction of sp³-hybridized carbons (Fsp3) is 0.733. The summed E-state index contributed by atoms with van der Waals surface area (Å²) in [7, 11) is 0. The van der Waals surface area contributed by atoms with Gasteiger partial charge in [-0.2, -0.15) is 11.3 Å².